The van der Waals surface area contributed by atoms with Crippen LogP contribution in [0.3, 0.4) is 0 Å². The van der Waals surface area contributed by atoms with Crippen LogP contribution in [0, 0.1) is 0 Å². The number of aliphatic carboxylic acids is 1. The number of aromatic amines is 1. The van der Waals surface area contributed by atoms with Gasteiger partial charge in [-0.15, -0.1) is 0 Å². The quantitative estimate of drug-likeness (QED) is 0.715. The number of carbonyl (C=O) groups excluding carboxylic acids is 1. The number of carbonyl (C=O) groups is 2. The Labute approximate surface area is 109 Å². The SMILES string of the molecule is Cn1cccc1C(=O)NC(Cc1cnc[nH]1)C(=O)O. The highest BCUT2D eigenvalue weighted by Gasteiger charge is 2.22. The Balaban J connectivity index is 2.07. The number of imidazole rings is 1. The molecule has 19 heavy (non-hydrogen) atoms. The van der Waals surface area contributed by atoms with Gasteiger partial charge in [-0.25, -0.2) is 9.78 Å². The van der Waals surface area contributed by atoms with Crippen molar-refractivity contribution in [3.8, 4) is 0 Å². The summed E-state index contributed by atoms with van der Waals surface area (Å²) >= 11 is 0. The summed E-state index contributed by atoms with van der Waals surface area (Å²) in [5.74, 6) is -1.50. The van der Waals surface area contributed by atoms with Crippen LogP contribution in [0.25, 0.3) is 0 Å². The molecule has 2 aromatic rings. The van der Waals surface area contributed by atoms with E-state index < -0.39 is 17.9 Å². The van der Waals surface area contributed by atoms with E-state index in [-0.39, 0.29) is 6.42 Å². The molecule has 0 aliphatic rings. The third-order valence-corrected chi connectivity index (χ3v) is 2.76. The van der Waals surface area contributed by atoms with Gasteiger partial charge in [0, 0.05) is 31.6 Å². The third kappa shape index (κ3) is 3.01. The van der Waals surface area contributed by atoms with E-state index in [2.05, 4.69) is 15.3 Å². The normalized spacial score (nSPS) is 12.1. The molecule has 0 aliphatic heterocycles. The molecule has 1 atom stereocenters. The van der Waals surface area contributed by atoms with Crippen LogP contribution < -0.4 is 5.32 Å². The molecule has 7 heteroatoms. The predicted octanol–water partition coefficient (Wildman–Crippen LogP) is 0.174. The van der Waals surface area contributed by atoms with Gasteiger partial charge in [0.25, 0.3) is 5.91 Å². The van der Waals surface area contributed by atoms with E-state index in [1.165, 1.54) is 12.5 Å². The van der Waals surface area contributed by atoms with Crippen LogP contribution in [-0.2, 0) is 18.3 Å². The van der Waals surface area contributed by atoms with Gasteiger partial charge >= 0.3 is 5.97 Å². The first-order chi connectivity index (χ1) is 9.08. The van der Waals surface area contributed by atoms with E-state index in [0.29, 0.717) is 11.4 Å². The minimum Gasteiger partial charge on any atom is -0.480 e. The first-order valence-corrected chi connectivity index (χ1v) is 5.70. The largest absolute Gasteiger partial charge is 0.480 e. The Morgan fingerprint density at radius 3 is 2.89 bits per heavy atom. The molecule has 0 spiro atoms. The van der Waals surface area contributed by atoms with E-state index in [1.54, 1.807) is 29.9 Å². The fraction of sp³-hybridized carbons (Fsp3) is 0.250. The number of carboxylic acid groups (broad SMARTS) is 1. The Kier molecular flexibility index (Phi) is 3.65. The number of amides is 1. The molecule has 1 unspecified atom stereocenters. The fourth-order valence-corrected chi connectivity index (χ4v) is 1.75. The highest BCUT2D eigenvalue weighted by atomic mass is 16.4. The maximum atomic E-state index is 11.9. The van der Waals surface area contributed by atoms with Crippen molar-refractivity contribution in [1.82, 2.24) is 19.9 Å². The molecule has 0 aromatic carbocycles. The van der Waals surface area contributed by atoms with Gasteiger partial charge in [0.2, 0.25) is 0 Å². The fourth-order valence-electron chi connectivity index (χ4n) is 1.75. The summed E-state index contributed by atoms with van der Waals surface area (Å²) in [6, 6.07) is 2.35. The maximum Gasteiger partial charge on any atom is 0.326 e. The monoisotopic (exact) mass is 262 g/mol. The van der Waals surface area contributed by atoms with Gasteiger partial charge in [-0.1, -0.05) is 0 Å². The number of hydrogen-bond donors (Lipinski definition) is 3. The van der Waals surface area contributed by atoms with Crippen LogP contribution in [0.15, 0.2) is 30.9 Å². The molecule has 0 radical (unpaired) electrons. The van der Waals surface area contributed by atoms with Gasteiger partial charge in [-0.2, -0.15) is 0 Å². The van der Waals surface area contributed by atoms with Gasteiger partial charge in [0.05, 0.1) is 6.33 Å². The van der Waals surface area contributed by atoms with E-state index in [9.17, 15) is 9.59 Å². The smallest absolute Gasteiger partial charge is 0.326 e. The standard InChI is InChI=1S/C12H14N4O3/c1-16-4-2-3-10(16)11(17)15-9(12(18)19)5-8-6-13-7-14-8/h2-4,6-7,9H,5H2,1H3,(H,13,14)(H,15,17)(H,18,19). The Morgan fingerprint density at radius 1 is 1.58 bits per heavy atom. The van der Waals surface area contributed by atoms with Crippen LogP contribution in [-0.4, -0.2) is 37.6 Å². The van der Waals surface area contributed by atoms with Crippen molar-refractivity contribution in [2.24, 2.45) is 7.05 Å². The molecule has 2 heterocycles. The lowest BCUT2D eigenvalue weighted by atomic mass is 10.1. The molecule has 0 saturated heterocycles. The second kappa shape index (κ2) is 5.38. The van der Waals surface area contributed by atoms with E-state index in [1.807, 2.05) is 0 Å². The average molecular weight is 262 g/mol. The molecule has 0 saturated carbocycles. The van der Waals surface area contributed by atoms with Crippen molar-refractivity contribution < 1.29 is 14.7 Å². The molecule has 1 amide bonds. The van der Waals surface area contributed by atoms with Crippen LogP contribution >= 0.6 is 0 Å². The van der Waals surface area contributed by atoms with Gasteiger partial charge in [-0.3, -0.25) is 4.79 Å². The van der Waals surface area contributed by atoms with Crippen molar-refractivity contribution in [2.45, 2.75) is 12.5 Å². The van der Waals surface area contributed by atoms with Gasteiger partial charge in [0.1, 0.15) is 11.7 Å². The minimum absolute atomic E-state index is 0.158. The zero-order valence-electron chi connectivity index (χ0n) is 10.3. The maximum absolute atomic E-state index is 11.9. The second-order valence-electron chi connectivity index (χ2n) is 4.15. The molecule has 0 aliphatic carbocycles. The summed E-state index contributed by atoms with van der Waals surface area (Å²) in [5.41, 5.74) is 1.07. The summed E-state index contributed by atoms with van der Waals surface area (Å²) in [4.78, 5) is 29.7. The number of carboxylic acids is 1. The molecule has 2 rings (SSSR count). The molecule has 100 valence electrons. The number of aryl methyl sites for hydroxylation is 1. The number of aromatic nitrogens is 3. The van der Waals surface area contributed by atoms with Gasteiger partial charge in [0.15, 0.2) is 0 Å². The van der Waals surface area contributed by atoms with Crippen molar-refractivity contribution in [3.63, 3.8) is 0 Å². The van der Waals surface area contributed by atoms with Crippen LogP contribution in [0.4, 0.5) is 0 Å². The second-order valence-corrected chi connectivity index (χ2v) is 4.15. The summed E-state index contributed by atoms with van der Waals surface area (Å²) in [6.07, 6.45) is 4.88. The van der Waals surface area contributed by atoms with Gasteiger partial charge in [-0.05, 0) is 12.1 Å². The topological polar surface area (TPSA) is 100 Å². The molecular weight excluding hydrogens is 248 g/mol. The van der Waals surface area contributed by atoms with Crippen molar-refractivity contribution in [2.75, 3.05) is 0 Å². The lowest BCUT2D eigenvalue weighted by Gasteiger charge is -2.13. The van der Waals surface area contributed by atoms with Crippen LogP contribution in [0.5, 0.6) is 0 Å². The first-order valence-electron chi connectivity index (χ1n) is 5.70. The summed E-state index contributed by atoms with van der Waals surface area (Å²) < 4.78 is 1.63. The zero-order chi connectivity index (χ0) is 13.8. The third-order valence-electron chi connectivity index (χ3n) is 2.76. The number of rotatable bonds is 5. The molecular formula is C12H14N4O3. The molecule has 0 fully saturated rings. The molecule has 0 bridgehead atoms. The summed E-state index contributed by atoms with van der Waals surface area (Å²) in [7, 11) is 1.72. The average Bonchev–Trinajstić information content (AvgIpc) is 2.99. The minimum atomic E-state index is -1.09. The Bertz CT molecular complexity index is 574. The highest BCUT2D eigenvalue weighted by molar-refractivity contribution is 5.95. The first kappa shape index (κ1) is 12.9. The molecule has 2 aromatic heterocycles. The predicted molar refractivity (Wildman–Crippen MR) is 66.6 cm³/mol. The number of nitrogens with one attached hydrogen (secondary N) is 2. The van der Waals surface area contributed by atoms with E-state index in [0.717, 1.165) is 0 Å². The number of H-pyrrole nitrogens is 1. The van der Waals surface area contributed by atoms with Crippen molar-refractivity contribution in [3.05, 3.63) is 42.2 Å². The van der Waals surface area contributed by atoms with Crippen molar-refractivity contribution >= 4 is 11.9 Å². The van der Waals surface area contributed by atoms with Crippen molar-refractivity contribution in [1.29, 1.82) is 0 Å². The van der Waals surface area contributed by atoms with Crippen LogP contribution in [0.1, 0.15) is 16.2 Å². The Hall–Kier alpha value is -2.57. The zero-order valence-corrected chi connectivity index (χ0v) is 10.3. The number of hydrogen-bond acceptors (Lipinski definition) is 3. The molecule has 7 nitrogen and oxygen atoms in total. The van der Waals surface area contributed by atoms with Crippen LogP contribution in [0.2, 0.25) is 0 Å². The number of nitrogens with zero attached hydrogens (tertiary/aromatic N) is 2. The highest BCUT2D eigenvalue weighted by Crippen LogP contribution is 2.03. The van der Waals surface area contributed by atoms with E-state index in [4.69, 9.17) is 5.11 Å². The lowest BCUT2D eigenvalue weighted by molar-refractivity contribution is -0.139. The lowest BCUT2D eigenvalue weighted by Crippen LogP contribution is -2.42. The Morgan fingerprint density at radius 2 is 2.37 bits per heavy atom. The molecule has 3 N–H and O–H groups in total. The summed E-state index contributed by atoms with van der Waals surface area (Å²) in [6.45, 7) is 0. The van der Waals surface area contributed by atoms with E-state index >= 15 is 0 Å². The summed E-state index contributed by atoms with van der Waals surface area (Å²) in [5, 5.41) is 11.6. The van der Waals surface area contributed by atoms with Gasteiger partial charge < -0.3 is 20.0 Å².